The molecule has 5 heteroatoms. The molecule has 0 bridgehead atoms. The summed E-state index contributed by atoms with van der Waals surface area (Å²) in [7, 11) is 0. The van der Waals surface area contributed by atoms with E-state index in [-0.39, 0.29) is 0 Å². The second-order valence-electron chi connectivity index (χ2n) is 6.34. The number of pyridine rings is 1. The minimum atomic E-state index is 0.935. The number of nitrogens with zero attached hydrogens (tertiary/aromatic N) is 4. The summed E-state index contributed by atoms with van der Waals surface area (Å²) < 4.78 is 3.30. The number of halogens is 1. The number of rotatable bonds is 4. The molecule has 0 N–H and O–H groups in total. The molecular formula is C19H21BrN4. The van der Waals surface area contributed by atoms with E-state index in [0.717, 1.165) is 50.6 Å². The first kappa shape index (κ1) is 15.8. The van der Waals surface area contributed by atoms with Crippen LogP contribution in [0.1, 0.15) is 11.3 Å². The van der Waals surface area contributed by atoms with Gasteiger partial charge in [0.2, 0.25) is 0 Å². The molecule has 0 radical (unpaired) electrons. The Morgan fingerprint density at radius 2 is 1.58 bits per heavy atom. The summed E-state index contributed by atoms with van der Waals surface area (Å²) in [4.78, 5) is 9.73. The van der Waals surface area contributed by atoms with Crippen molar-refractivity contribution in [3.05, 3.63) is 70.6 Å². The second kappa shape index (κ2) is 7.05. The molecule has 124 valence electrons. The Bertz CT molecular complexity index is 788. The SMILES string of the molecule is Brc1ccccc1CN1CCN(Cc2cn3ccccc3n2)CC1. The summed E-state index contributed by atoms with van der Waals surface area (Å²) in [5, 5.41) is 0. The van der Waals surface area contributed by atoms with E-state index in [1.54, 1.807) is 0 Å². The Morgan fingerprint density at radius 3 is 2.33 bits per heavy atom. The molecule has 1 aromatic carbocycles. The van der Waals surface area contributed by atoms with Crippen molar-refractivity contribution in [3.8, 4) is 0 Å². The Labute approximate surface area is 150 Å². The first-order valence-electron chi connectivity index (χ1n) is 8.39. The van der Waals surface area contributed by atoms with Crippen molar-refractivity contribution in [2.45, 2.75) is 13.1 Å². The summed E-state index contributed by atoms with van der Waals surface area (Å²) in [6, 6.07) is 14.6. The molecule has 4 rings (SSSR count). The van der Waals surface area contributed by atoms with Gasteiger partial charge in [0.05, 0.1) is 5.69 Å². The quantitative estimate of drug-likeness (QED) is 0.688. The Kier molecular flexibility index (Phi) is 4.65. The van der Waals surface area contributed by atoms with Crippen LogP contribution in [-0.2, 0) is 13.1 Å². The normalized spacial score (nSPS) is 16.7. The zero-order valence-corrected chi connectivity index (χ0v) is 15.2. The Balaban J connectivity index is 1.33. The van der Waals surface area contributed by atoms with E-state index in [9.17, 15) is 0 Å². The van der Waals surface area contributed by atoms with E-state index in [0.29, 0.717) is 0 Å². The van der Waals surface area contributed by atoms with Gasteiger partial charge in [0.1, 0.15) is 5.65 Å². The minimum Gasteiger partial charge on any atom is -0.307 e. The van der Waals surface area contributed by atoms with Crippen LogP contribution in [0.2, 0.25) is 0 Å². The molecule has 0 unspecified atom stereocenters. The van der Waals surface area contributed by atoms with Gasteiger partial charge in [-0.2, -0.15) is 0 Å². The average molecular weight is 385 g/mol. The maximum absolute atomic E-state index is 4.71. The van der Waals surface area contributed by atoms with Crippen LogP contribution in [0.5, 0.6) is 0 Å². The van der Waals surface area contributed by atoms with Gasteiger partial charge in [-0.1, -0.05) is 40.2 Å². The van der Waals surface area contributed by atoms with Gasteiger partial charge in [-0.15, -0.1) is 0 Å². The van der Waals surface area contributed by atoms with Gasteiger partial charge < -0.3 is 4.40 Å². The van der Waals surface area contributed by atoms with Crippen molar-refractivity contribution in [2.24, 2.45) is 0 Å². The highest BCUT2D eigenvalue weighted by molar-refractivity contribution is 9.10. The average Bonchev–Trinajstić information content (AvgIpc) is 3.01. The lowest BCUT2D eigenvalue weighted by atomic mass is 10.2. The first-order chi connectivity index (χ1) is 11.8. The molecule has 4 nitrogen and oxygen atoms in total. The molecule has 0 spiro atoms. The summed E-state index contributed by atoms with van der Waals surface area (Å²) in [5.74, 6) is 0. The zero-order chi connectivity index (χ0) is 16.4. The monoisotopic (exact) mass is 384 g/mol. The molecular weight excluding hydrogens is 364 g/mol. The highest BCUT2D eigenvalue weighted by Crippen LogP contribution is 2.19. The van der Waals surface area contributed by atoms with E-state index in [1.165, 1.54) is 10.0 Å². The number of hydrogen-bond donors (Lipinski definition) is 0. The van der Waals surface area contributed by atoms with Crippen LogP contribution in [0.15, 0.2) is 59.3 Å². The van der Waals surface area contributed by atoms with Gasteiger partial charge in [-0.25, -0.2) is 4.98 Å². The van der Waals surface area contributed by atoms with Crippen LogP contribution in [0.3, 0.4) is 0 Å². The standard InChI is InChI=1S/C19H21BrN4/c20-18-6-2-1-5-16(18)13-22-9-11-23(12-10-22)14-17-15-24-8-4-3-7-19(24)21-17/h1-8,15H,9-14H2. The molecule has 1 fully saturated rings. The van der Waals surface area contributed by atoms with Gasteiger partial charge in [-0.3, -0.25) is 9.80 Å². The lowest BCUT2D eigenvalue weighted by molar-refractivity contribution is 0.121. The summed E-state index contributed by atoms with van der Waals surface area (Å²) in [5.41, 5.74) is 3.55. The van der Waals surface area contributed by atoms with Crippen LogP contribution < -0.4 is 0 Å². The molecule has 2 aromatic heterocycles. The van der Waals surface area contributed by atoms with E-state index in [1.807, 2.05) is 12.1 Å². The second-order valence-corrected chi connectivity index (χ2v) is 7.20. The van der Waals surface area contributed by atoms with Crippen molar-refractivity contribution >= 4 is 21.6 Å². The lowest BCUT2D eigenvalue weighted by Gasteiger charge is -2.34. The maximum Gasteiger partial charge on any atom is 0.137 e. The zero-order valence-electron chi connectivity index (χ0n) is 13.6. The third-order valence-electron chi connectivity index (χ3n) is 4.62. The van der Waals surface area contributed by atoms with Crippen molar-refractivity contribution < 1.29 is 0 Å². The van der Waals surface area contributed by atoms with Crippen molar-refractivity contribution in [3.63, 3.8) is 0 Å². The van der Waals surface area contributed by atoms with Crippen molar-refractivity contribution in [2.75, 3.05) is 26.2 Å². The molecule has 3 aromatic rings. The van der Waals surface area contributed by atoms with Gasteiger partial charge in [0, 0.05) is 56.1 Å². The molecule has 1 saturated heterocycles. The number of fused-ring (bicyclic) bond motifs is 1. The minimum absolute atomic E-state index is 0.935. The van der Waals surface area contributed by atoms with Crippen LogP contribution >= 0.6 is 15.9 Å². The Hall–Kier alpha value is -1.69. The molecule has 24 heavy (non-hydrogen) atoms. The van der Waals surface area contributed by atoms with Crippen LogP contribution in [0.4, 0.5) is 0 Å². The molecule has 0 saturated carbocycles. The van der Waals surface area contributed by atoms with E-state index in [2.05, 4.69) is 72.9 Å². The number of imidazole rings is 1. The number of benzene rings is 1. The largest absolute Gasteiger partial charge is 0.307 e. The van der Waals surface area contributed by atoms with Crippen LogP contribution in [0.25, 0.3) is 5.65 Å². The number of aromatic nitrogens is 2. The van der Waals surface area contributed by atoms with Crippen molar-refractivity contribution in [1.82, 2.24) is 19.2 Å². The van der Waals surface area contributed by atoms with E-state index < -0.39 is 0 Å². The number of hydrogen-bond acceptors (Lipinski definition) is 3. The molecule has 0 atom stereocenters. The fraction of sp³-hybridized carbons (Fsp3) is 0.316. The van der Waals surface area contributed by atoms with Crippen LogP contribution in [-0.4, -0.2) is 45.4 Å². The maximum atomic E-state index is 4.71. The van der Waals surface area contributed by atoms with E-state index >= 15 is 0 Å². The topological polar surface area (TPSA) is 23.8 Å². The third kappa shape index (κ3) is 3.53. The van der Waals surface area contributed by atoms with Gasteiger partial charge >= 0.3 is 0 Å². The summed E-state index contributed by atoms with van der Waals surface area (Å²) >= 11 is 3.65. The first-order valence-corrected chi connectivity index (χ1v) is 9.18. The third-order valence-corrected chi connectivity index (χ3v) is 5.39. The van der Waals surface area contributed by atoms with Gasteiger partial charge in [0.25, 0.3) is 0 Å². The highest BCUT2D eigenvalue weighted by Gasteiger charge is 2.18. The molecule has 3 heterocycles. The van der Waals surface area contributed by atoms with Crippen LogP contribution in [0, 0.1) is 0 Å². The summed E-state index contributed by atoms with van der Waals surface area (Å²) in [6.45, 7) is 6.36. The Morgan fingerprint density at radius 1 is 0.875 bits per heavy atom. The predicted molar refractivity (Wildman–Crippen MR) is 99.9 cm³/mol. The fourth-order valence-corrected chi connectivity index (χ4v) is 3.68. The predicted octanol–water partition coefficient (Wildman–Crippen LogP) is 3.41. The van der Waals surface area contributed by atoms with Gasteiger partial charge in [0.15, 0.2) is 0 Å². The smallest absolute Gasteiger partial charge is 0.137 e. The fourth-order valence-electron chi connectivity index (χ4n) is 3.27. The molecule has 1 aliphatic heterocycles. The number of piperazine rings is 1. The molecule has 0 aliphatic carbocycles. The summed E-state index contributed by atoms with van der Waals surface area (Å²) in [6.07, 6.45) is 4.20. The molecule has 1 aliphatic rings. The highest BCUT2D eigenvalue weighted by atomic mass is 79.9. The molecule has 0 amide bonds. The van der Waals surface area contributed by atoms with E-state index in [4.69, 9.17) is 4.98 Å². The lowest BCUT2D eigenvalue weighted by Crippen LogP contribution is -2.45. The van der Waals surface area contributed by atoms with Crippen molar-refractivity contribution in [1.29, 1.82) is 0 Å². The van der Waals surface area contributed by atoms with Gasteiger partial charge in [-0.05, 0) is 23.8 Å².